The summed E-state index contributed by atoms with van der Waals surface area (Å²) in [6.07, 6.45) is 2.11. The van der Waals surface area contributed by atoms with Crippen LogP contribution in [0.25, 0.3) is 0 Å². The molecule has 1 nitrogen and oxygen atoms in total. The van der Waals surface area contributed by atoms with Gasteiger partial charge in [0.15, 0.2) is 0 Å². The summed E-state index contributed by atoms with van der Waals surface area (Å²) in [6.45, 7) is 2.01. The van der Waals surface area contributed by atoms with Crippen molar-refractivity contribution in [2.75, 3.05) is 18.6 Å². The fraction of sp³-hybridized carbons (Fsp3) is 0.500. The van der Waals surface area contributed by atoms with E-state index in [0.717, 1.165) is 17.4 Å². The number of thioether (sulfide) groups is 1. The molecular formula is C8H12ClNS2. The Kier molecular flexibility index (Phi) is 5.07. The molecular weight excluding hydrogens is 210 g/mol. The maximum absolute atomic E-state index is 5.79. The fourth-order valence-corrected chi connectivity index (χ4v) is 2.24. The molecule has 0 fully saturated rings. The molecule has 0 unspecified atom stereocenters. The van der Waals surface area contributed by atoms with Gasteiger partial charge in [0.25, 0.3) is 0 Å². The molecule has 4 heteroatoms. The van der Waals surface area contributed by atoms with Gasteiger partial charge in [0.1, 0.15) is 0 Å². The number of hydrogen-bond donors (Lipinski definition) is 1. The van der Waals surface area contributed by atoms with Gasteiger partial charge in [-0.2, -0.15) is 11.8 Å². The van der Waals surface area contributed by atoms with Gasteiger partial charge in [-0.15, -0.1) is 11.3 Å². The van der Waals surface area contributed by atoms with E-state index >= 15 is 0 Å². The Hall–Kier alpha value is 0.300. The van der Waals surface area contributed by atoms with Gasteiger partial charge < -0.3 is 5.32 Å². The van der Waals surface area contributed by atoms with Crippen LogP contribution in [-0.4, -0.2) is 18.6 Å². The quantitative estimate of drug-likeness (QED) is 0.768. The molecule has 12 heavy (non-hydrogen) atoms. The highest BCUT2D eigenvalue weighted by atomic mass is 35.5. The van der Waals surface area contributed by atoms with Crippen molar-refractivity contribution in [1.82, 2.24) is 5.32 Å². The molecule has 1 aromatic heterocycles. The summed E-state index contributed by atoms with van der Waals surface area (Å²) in [5.41, 5.74) is 0. The average Bonchev–Trinajstić information content (AvgIpc) is 2.45. The van der Waals surface area contributed by atoms with E-state index in [-0.39, 0.29) is 0 Å². The minimum absolute atomic E-state index is 0.872. The van der Waals surface area contributed by atoms with E-state index in [1.807, 2.05) is 17.8 Å². The Labute approximate surface area is 86.5 Å². The Morgan fingerprint density at radius 3 is 3.00 bits per heavy atom. The molecule has 0 aliphatic rings. The number of hydrogen-bond acceptors (Lipinski definition) is 3. The van der Waals surface area contributed by atoms with Crippen LogP contribution in [0, 0.1) is 0 Å². The van der Waals surface area contributed by atoms with Crippen molar-refractivity contribution in [3.8, 4) is 0 Å². The minimum Gasteiger partial charge on any atom is -0.311 e. The molecule has 0 aliphatic heterocycles. The lowest BCUT2D eigenvalue weighted by Gasteiger charge is -1.99. The smallest absolute Gasteiger partial charge is 0.0931 e. The molecule has 1 heterocycles. The molecule has 1 N–H and O–H groups in total. The zero-order chi connectivity index (χ0) is 8.81. The van der Waals surface area contributed by atoms with Gasteiger partial charge in [0.05, 0.1) is 4.34 Å². The second kappa shape index (κ2) is 5.86. The number of thiophene rings is 1. The molecule has 68 valence electrons. The molecule has 1 aromatic rings. The molecule has 0 saturated heterocycles. The van der Waals surface area contributed by atoms with Crippen LogP contribution in [0.5, 0.6) is 0 Å². The van der Waals surface area contributed by atoms with Crippen molar-refractivity contribution in [1.29, 1.82) is 0 Å². The average molecular weight is 222 g/mol. The Morgan fingerprint density at radius 1 is 1.58 bits per heavy atom. The minimum atomic E-state index is 0.872. The Balaban J connectivity index is 2.15. The molecule has 0 atom stereocenters. The largest absolute Gasteiger partial charge is 0.311 e. The molecule has 0 aliphatic carbocycles. The van der Waals surface area contributed by atoms with Crippen LogP contribution in [0.3, 0.4) is 0 Å². The van der Waals surface area contributed by atoms with Crippen LogP contribution in [0.2, 0.25) is 4.34 Å². The second-order valence-electron chi connectivity index (χ2n) is 2.38. The van der Waals surface area contributed by atoms with Crippen LogP contribution >= 0.6 is 34.7 Å². The van der Waals surface area contributed by atoms with E-state index in [1.165, 1.54) is 10.6 Å². The first-order chi connectivity index (χ1) is 5.83. The SMILES string of the molecule is CSCCNCc1ccc(Cl)s1. The van der Waals surface area contributed by atoms with Gasteiger partial charge >= 0.3 is 0 Å². The van der Waals surface area contributed by atoms with Crippen molar-refractivity contribution >= 4 is 34.7 Å². The van der Waals surface area contributed by atoms with Crippen LogP contribution in [0.1, 0.15) is 4.88 Å². The van der Waals surface area contributed by atoms with Crippen LogP contribution in [0.15, 0.2) is 12.1 Å². The van der Waals surface area contributed by atoms with Crippen LogP contribution in [-0.2, 0) is 6.54 Å². The Morgan fingerprint density at radius 2 is 2.42 bits per heavy atom. The summed E-state index contributed by atoms with van der Waals surface area (Å²) < 4.78 is 0.872. The summed E-state index contributed by atoms with van der Waals surface area (Å²) in [5, 5.41) is 3.35. The van der Waals surface area contributed by atoms with E-state index in [0.29, 0.717) is 0 Å². The van der Waals surface area contributed by atoms with E-state index in [2.05, 4.69) is 17.6 Å². The maximum Gasteiger partial charge on any atom is 0.0931 e. The van der Waals surface area contributed by atoms with Gasteiger partial charge in [0.2, 0.25) is 0 Å². The zero-order valence-electron chi connectivity index (χ0n) is 6.97. The Bertz CT molecular complexity index is 225. The standard InChI is InChI=1S/C8H12ClNS2/c1-11-5-4-10-6-7-2-3-8(9)12-7/h2-3,10H,4-6H2,1H3. The van der Waals surface area contributed by atoms with Gasteiger partial charge in [0, 0.05) is 23.7 Å². The molecule has 0 bridgehead atoms. The fourth-order valence-electron chi connectivity index (χ4n) is 0.833. The lowest BCUT2D eigenvalue weighted by atomic mass is 10.4. The van der Waals surface area contributed by atoms with Gasteiger partial charge in [-0.3, -0.25) is 0 Å². The first-order valence-electron chi connectivity index (χ1n) is 3.77. The van der Waals surface area contributed by atoms with Crippen molar-refractivity contribution in [2.45, 2.75) is 6.54 Å². The molecule has 1 rings (SSSR count). The summed E-state index contributed by atoms with van der Waals surface area (Å²) in [6, 6.07) is 4.01. The third-order valence-electron chi connectivity index (χ3n) is 1.41. The lowest BCUT2D eigenvalue weighted by molar-refractivity contribution is 0.741. The van der Waals surface area contributed by atoms with E-state index in [4.69, 9.17) is 11.6 Å². The van der Waals surface area contributed by atoms with Crippen LogP contribution < -0.4 is 5.32 Å². The maximum atomic E-state index is 5.79. The predicted molar refractivity (Wildman–Crippen MR) is 59.4 cm³/mol. The molecule has 0 amide bonds. The van der Waals surface area contributed by atoms with Gasteiger partial charge in [-0.1, -0.05) is 11.6 Å². The first kappa shape index (κ1) is 10.4. The van der Waals surface area contributed by atoms with Crippen molar-refractivity contribution in [3.05, 3.63) is 21.3 Å². The highest BCUT2D eigenvalue weighted by Crippen LogP contribution is 2.20. The highest BCUT2D eigenvalue weighted by Gasteiger charge is 1.95. The molecule has 0 saturated carbocycles. The number of rotatable bonds is 5. The molecule has 0 radical (unpaired) electrons. The monoisotopic (exact) mass is 221 g/mol. The second-order valence-corrected chi connectivity index (χ2v) is 5.16. The van der Waals surface area contributed by atoms with Crippen molar-refractivity contribution in [3.63, 3.8) is 0 Å². The molecule has 0 aromatic carbocycles. The van der Waals surface area contributed by atoms with E-state index in [1.54, 1.807) is 11.3 Å². The molecule has 0 spiro atoms. The first-order valence-corrected chi connectivity index (χ1v) is 6.35. The van der Waals surface area contributed by atoms with Crippen molar-refractivity contribution in [2.24, 2.45) is 0 Å². The lowest BCUT2D eigenvalue weighted by Crippen LogP contribution is -2.15. The van der Waals surface area contributed by atoms with E-state index in [9.17, 15) is 0 Å². The number of nitrogens with one attached hydrogen (secondary N) is 1. The predicted octanol–water partition coefficient (Wildman–Crippen LogP) is 2.85. The third kappa shape index (κ3) is 3.81. The summed E-state index contributed by atoms with van der Waals surface area (Å²) in [7, 11) is 0. The van der Waals surface area contributed by atoms with Crippen molar-refractivity contribution < 1.29 is 0 Å². The zero-order valence-corrected chi connectivity index (χ0v) is 9.36. The normalized spacial score (nSPS) is 10.5. The van der Waals surface area contributed by atoms with Gasteiger partial charge in [-0.25, -0.2) is 0 Å². The van der Waals surface area contributed by atoms with Gasteiger partial charge in [-0.05, 0) is 18.4 Å². The third-order valence-corrected chi connectivity index (χ3v) is 3.25. The topological polar surface area (TPSA) is 12.0 Å². The summed E-state index contributed by atoms with van der Waals surface area (Å²) in [5.74, 6) is 1.17. The summed E-state index contributed by atoms with van der Waals surface area (Å²) in [4.78, 5) is 1.31. The van der Waals surface area contributed by atoms with E-state index < -0.39 is 0 Å². The summed E-state index contributed by atoms with van der Waals surface area (Å²) >= 11 is 9.29. The number of halogens is 1. The van der Waals surface area contributed by atoms with Crippen LogP contribution in [0.4, 0.5) is 0 Å². The highest BCUT2D eigenvalue weighted by molar-refractivity contribution is 7.98.